The van der Waals surface area contributed by atoms with Crippen LogP contribution in [0.4, 0.5) is 10.5 Å². The van der Waals surface area contributed by atoms with Crippen LogP contribution in [0, 0.1) is 5.92 Å². The molecule has 3 amide bonds. The van der Waals surface area contributed by atoms with Gasteiger partial charge < -0.3 is 16.0 Å². The molecule has 1 heterocycles. The van der Waals surface area contributed by atoms with Crippen LogP contribution in [0.2, 0.25) is 0 Å². The van der Waals surface area contributed by atoms with Crippen molar-refractivity contribution in [3.05, 3.63) is 29.8 Å². The van der Waals surface area contributed by atoms with Crippen molar-refractivity contribution in [2.45, 2.75) is 26.2 Å². The lowest BCUT2D eigenvalue weighted by molar-refractivity contribution is -0.119. The van der Waals surface area contributed by atoms with E-state index >= 15 is 0 Å². The fourth-order valence-corrected chi connectivity index (χ4v) is 2.64. The molecule has 0 saturated carbocycles. The average molecular weight is 303 g/mol. The van der Waals surface area contributed by atoms with Crippen LogP contribution in [-0.4, -0.2) is 35.7 Å². The Balaban J connectivity index is 1.89. The molecule has 6 heteroatoms. The number of carbonyl (C=O) groups is 3. The van der Waals surface area contributed by atoms with Gasteiger partial charge in [0.25, 0.3) is 0 Å². The van der Waals surface area contributed by atoms with E-state index in [9.17, 15) is 14.4 Å². The predicted octanol–water partition coefficient (Wildman–Crippen LogP) is 2.01. The molecule has 1 saturated heterocycles. The highest BCUT2D eigenvalue weighted by molar-refractivity contribution is 5.96. The number of hydrogen-bond donors (Lipinski definition) is 2. The highest BCUT2D eigenvalue weighted by atomic mass is 16.2. The van der Waals surface area contributed by atoms with E-state index in [1.807, 2.05) is 0 Å². The average Bonchev–Trinajstić information content (AvgIpc) is 2.47. The number of rotatable bonds is 4. The maximum Gasteiger partial charge on any atom is 0.321 e. The number of primary amides is 1. The summed E-state index contributed by atoms with van der Waals surface area (Å²) >= 11 is 0. The van der Waals surface area contributed by atoms with Crippen molar-refractivity contribution in [1.82, 2.24) is 4.90 Å². The lowest BCUT2D eigenvalue weighted by Crippen LogP contribution is -2.41. The number of nitrogens with one attached hydrogen (secondary N) is 1. The topological polar surface area (TPSA) is 92.5 Å². The number of carbonyl (C=O) groups excluding carboxylic acids is 3. The van der Waals surface area contributed by atoms with Crippen molar-refractivity contribution in [1.29, 1.82) is 0 Å². The van der Waals surface area contributed by atoms with Crippen LogP contribution >= 0.6 is 0 Å². The first kappa shape index (κ1) is 16.0. The van der Waals surface area contributed by atoms with E-state index < -0.39 is 0 Å². The van der Waals surface area contributed by atoms with E-state index in [0.717, 1.165) is 12.8 Å². The van der Waals surface area contributed by atoms with Crippen LogP contribution in [0.25, 0.3) is 0 Å². The number of hydrogen-bond acceptors (Lipinski definition) is 3. The second-order valence-corrected chi connectivity index (χ2v) is 5.67. The molecule has 0 radical (unpaired) electrons. The van der Waals surface area contributed by atoms with Crippen molar-refractivity contribution in [3.8, 4) is 0 Å². The molecular formula is C16H21N3O3. The highest BCUT2D eigenvalue weighted by Crippen LogP contribution is 2.21. The van der Waals surface area contributed by atoms with Crippen LogP contribution in [0.3, 0.4) is 0 Å². The molecule has 0 aliphatic carbocycles. The van der Waals surface area contributed by atoms with E-state index in [4.69, 9.17) is 5.73 Å². The Morgan fingerprint density at radius 1 is 1.27 bits per heavy atom. The second-order valence-electron chi connectivity index (χ2n) is 5.67. The molecule has 0 bridgehead atoms. The van der Waals surface area contributed by atoms with Gasteiger partial charge in [-0.2, -0.15) is 0 Å². The van der Waals surface area contributed by atoms with E-state index in [1.54, 1.807) is 29.2 Å². The van der Waals surface area contributed by atoms with Gasteiger partial charge in [-0.1, -0.05) is 12.1 Å². The van der Waals surface area contributed by atoms with Gasteiger partial charge in [0.2, 0.25) is 5.91 Å². The Labute approximate surface area is 129 Å². The van der Waals surface area contributed by atoms with Gasteiger partial charge in [0.1, 0.15) is 0 Å². The van der Waals surface area contributed by atoms with E-state index in [0.29, 0.717) is 30.8 Å². The highest BCUT2D eigenvalue weighted by Gasteiger charge is 2.23. The fraction of sp³-hybridized carbons (Fsp3) is 0.438. The zero-order valence-corrected chi connectivity index (χ0v) is 12.7. The molecule has 0 aromatic heterocycles. The Kier molecular flexibility index (Phi) is 5.14. The van der Waals surface area contributed by atoms with E-state index in [1.165, 1.54) is 6.92 Å². The first-order valence-electron chi connectivity index (χ1n) is 7.41. The molecule has 1 aromatic carbocycles. The molecule has 1 fully saturated rings. The largest absolute Gasteiger partial charge is 0.370 e. The van der Waals surface area contributed by atoms with Crippen molar-refractivity contribution >= 4 is 23.4 Å². The molecule has 1 aliphatic heterocycles. The molecule has 3 N–H and O–H groups in total. The number of urea groups is 1. The zero-order valence-electron chi connectivity index (χ0n) is 12.7. The predicted molar refractivity (Wildman–Crippen MR) is 83.6 cm³/mol. The van der Waals surface area contributed by atoms with Gasteiger partial charge in [0.05, 0.1) is 0 Å². The number of likely N-dealkylation sites (tertiary alicyclic amines) is 1. The van der Waals surface area contributed by atoms with Gasteiger partial charge in [0, 0.05) is 30.8 Å². The number of amides is 3. The summed E-state index contributed by atoms with van der Waals surface area (Å²) in [6, 6.07) is 6.70. The molecular weight excluding hydrogens is 282 g/mol. The lowest BCUT2D eigenvalue weighted by Gasteiger charge is -2.31. The molecule has 0 spiro atoms. The van der Waals surface area contributed by atoms with Gasteiger partial charge in [-0.3, -0.25) is 9.59 Å². The molecule has 22 heavy (non-hydrogen) atoms. The molecule has 118 valence electrons. The molecule has 1 aromatic rings. The summed E-state index contributed by atoms with van der Waals surface area (Å²) in [6.07, 6.45) is 1.95. The monoisotopic (exact) mass is 303 g/mol. The zero-order chi connectivity index (χ0) is 16.1. The third-order valence-electron chi connectivity index (χ3n) is 3.91. The van der Waals surface area contributed by atoms with Crippen LogP contribution < -0.4 is 11.1 Å². The quantitative estimate of drug-likeness (QED) is 0.833. The van der Waals surface area contributed by atoms with Crippen LogP contribution in [0.15, 0.2) is 24.3 Å². The smallest absolute Gasteiger partial charge is 0.321 e. The number of nitrogens with two attached hydrogens (primary N) is 1. The summed E-state index contributed by atoms with van der Waals surface area (Å²) in [5, 5.41) is 2.81. The summed E-state index contributed by atoms with van der Waals surface area (Å²) in [4.78, 5) is 36.2. The minimum Gasteiger partial charge on any atom is -0.370 e. The van der Waals surface area contributed by atoms with Gasteiger partial charge in [-0.25, -0.2) is 4.79 Å². The standard InChI is InChI=1S/C16H21N3O3/c1-11(20)13-3-2-4-14(10-13)18-16(22)19-7-5-12(6-8-19)9-15(17)21/h2-4,10,12H,5-9H2,1H3,(H2,17,21)(H,18,22). The SMILES string of the molecule is CC(=O)c1cccc(NC(=O)N2CCC(CC(N)=O)CC2)c1. The fourth-order valence-electron chi connectivity index (χ4n) is 2.64. The van der Waals surface area contributed by atoms with Crippen molar-refractivity contribution in [2.24, 2.45) is 11.7 Å². The molecule has 1 aliphatic rings. The summed E-state index contributed by atoms with van der Waals surface area (Å²) in [5.74, 6) is -0.0603. The van der Waals surface area contributed by atoms with Gasteiger partial charge in [0.15, 0.2) is 5.78 Å². The third kappa shape index (κ3) is 4.31. The second kappa shape index (κ2) is 7.06. The number of piperidine rings is 1. The Bertz CT molecular complexity index is 578. The number of Topliss-reactive ketones (excluding diaryl/α,β-unsaturated/α-hetero) is 1. The van der Waals surface area contributed by atoms with Crippen molar-refractivity contribution in [2.75, 3.05) is 18.4 Å². The Morgan fingerprint density at radius 2 is 1.95 bits per heavy atom. The third-order valence-corrected chi connectivity index (χ3v) is 3.91. The van der Waals surface area contributed by atoms with Crippen LogP contribution in [-0.2, 0) is 4.79 Å². The first-order chi connectivity index (χ1) is 10.5. The minimum absolute atomic E-state index is 0.0386. The van der Waals surface area contributed by atoms with Crippen molar-refractivity contribution in [3.63, 3.8) is 0 Å². The maximum absolute atomic E-state index is 12.2. The van der Waals surface area contributed by atoms with E-state index in [2.05, 4.69) is 5.32 Å². The lowest BCUT2D eigenvalue weighted by atomic mass is 9.93. The van der Waals surface area contributed by atoms with Gasteiger partial charge in [-0.05, 0) is 37.8 Å². The summed E-state index contributed by atoms with van der Waals surface area (Å²) in [5.41, 5.74) is 6.37. The first-order valence-corrected chi connectivity index (χ1v) is 7.41. The van der Waals surface area contributed by atoms with Crippen LogP contribution in [0.1, 0.15) is 36.5 Å². The number of ketones is 1. The summed E-state index contributed by atoms with van der Waals surface area (Å²) < 4.78 is 0. The summed E-state index contributed by atoms with van der Waals surface area (Å²) in [6.45, 7) is 2.71. The summed E-state index contributed by atoms with van der Waals surface area (Å²) in [7, 11) is 0. The number of benzene rings is 1. The van der Waals surface area contributed by atoms with Crippen LogP contribution in [0.5, 0.6) is 0 Å². The molecule has 2 rings (SSSR count). The van der Waals surface area contributed by atoms with Gasteiger partial charge in [-0.15, -0.1) is 0 Å². The normalized spacial score (nSPS) is 15.4. The Hall–Kier alpha value is -2.37. The minimum atomic E-state index is -0.288. The molecule has 0 unspecified atom stereocenters. The van der Waals surface area contributed by atoms with E-state index in [-0.39, 0.29) is 23.6 Å². The van der Waals surface area contributed by atoms with Gasteiger partial charge >= 0.3 is 6.03 Å². The number of nitrogens with zero attached hydrogens (tertiary/aromatic N) is 1. The van der Waals surface area contributed by atoms with Crippen molar-refractivity contribution < 1.29 is 14.4 Å². The Morgan fingerprint density at radius 3 is 2.55 bits per heavy atom. The number of anilines is 1. The molecule has 0 atom stereocenters. The maximum atomic E-state index is 12.2. The molecule has 6 nitrogen and oxygen atoms in total.